The van der Waals surface area contributed by atoms with E-state index in [9.17, 15) is 4.79 Å². The highest BCUT2D eigenvalue weighted by atomic mass is 32.2. The molecule has 2 fully saturated rings. The number of nitrogens with zero attached hydrogens (tertiary/aromatic N) is 4. The van der Waals surface area contributed by atoms with Crippen molar-refractivity contribution in [2.24, 2.45) is 0 Å². The molecular formula is C22H32N4O2S. The number of aromatic nitrogens is 3. The summed E-state index contributed by atoms with van der Waals surface area (Å²) in [6.07, 6.45) is 14.0. The first-order valence-electron chi connectivity index (χ1n) is 11.2. The van der Waals surface area contributed by atoms with E-state index in [2.05, 4.69) is 22.0 Å². The van der Waals surface area contributed by atoms with Crippen LogP contribution >= 0.6 is 11.8 Å². The molecule has 29 heavy (non-hydrogen) atoms. The fourth-order valence-electron chi connectivity index (χ4n) is 4.89. The molecule has 2 aromatic rings. The van der Waals surface area contributed by atoms with Crippen molar-refractivity contribution < 1.29 is 9.21 Å². The van der Waals surface area contributed by atoms with Crippen LogP contribution in [0, 0.1) is 0 Å². The van der Waals surface area contributed by atoms with Gasteiger partial charge in [-0.15, -0.1) is 10.2 Å². The molecule has 2 heterocycles. The molecule has 1 amide bonds. The second-order valence-corrected chi connectivity index (χ2v) is 9.14. The SMILES string of the molecule is CCn1c(SCC(=O)N(C2CCCCC2)C2CCCCC2)nnc1-c1ccco1. The van der Waals surface area contributed by atoms with Crippen LogP contribution in [-0.4, -0.2) is 43.4 Å². The molecule has 6 nitrogen and oxygen atoms in total. The van der Waals surface area contributed by atoms with Gasteiger partial charge < -0.3 is 9.32 Å². The highest BCUT2D eigenvalue weighted by Gasteiger charge is 2.32. The summed E-state index contributed by atoms with van der Waals surface area (Å²) in [4.78, 5) is 15.7. The lowest BCUT2D eigenvalue weighted by atomic mass is 9.88. The number of carbonyl (C=O) groups is 1. The number of hydrogen-bond donors (Lipinski definition) is 0. The van der Waals surface area contributed by atoms with Crippen molar-refractivity contribution in [3.8, 4) is 11.6 Å². The Morgan fingerprint density at radius 2 is 1.76 bits per heavy atom. The predicted molar refractivity (Wildman–Crippen MR) is 115 cm³/mol. The molecular weight excluding hydrogens is 384 g/mol. The van der Waals surface area contributed by atoms with Crippen LogP contribution in [0.2, 0.25) is 0 Å². The quantitative estimate of drug-likeness (QED) is 0.585. The van der Waals surface area contributed by atoms with Crippen LogP contribution in [0.1, 0.15) is 71.1 Å². The molecule has 0 atom stereocenters. The summed E-state index contributed by atoms with van der Waals surface area (Å²) < 4.78 is 7.52. The normalized spacial score (nSPS) is 18.8. The van der Waals surface area contributed by atoms with Crippen molar-refractivity contribution in [1.29, 1.82) is 0 Å². The van der Waals surface area contributed by atoms with E-state index in [-0.39, 0.29) is 5.91 Å². The van der Waals surface area contributed by atoms with Crippen LogP contribution in [0.3, 0.4) is 0 Å². The molecule has 2 aromatic heterocycles. The average Bonchev–Trinajstić information content (AvgIpc) is 3.43. The molecule has 2 aliphatic rings. The van der Waals surface area contributed by atoms with Crippen LogP contribution in [0.4, 0.5) is 0 Å². The lowest BCUT2D eigenvalue weighted by Crippen LogP contribution is -2.49. The van der Waals surface area contributed by atoms with Crippen molar-refractivity contribution in [2.45, 2.75) is 94.9 Å². The van der Waals surface area contributed by atoms with Crippen molar-refractivity contribution >= 4 is 17.7 Å². The van der Waals surface area contributed by atoms with Crippen molar-refractivity contribution in [3.05, 3.63) is 18.4 Å². The maximum absolute atomic E-state index is 13.4. The molecule has 158 valence electrons. The van der Waals surface area contributed by atoms with Gasteiger partial charge in [-0.25, -0.2) is 0 Å². The molecule has 0 unspecified atom stereocenters. The van der Waals surface area contributed by atoms with E-state index in [4.69, 9.17) is 4.42 Å². The Balaban J connectivity index is 1.46. The Labute approximate surface area is 177 Å². The smallest absolute Gasteiger partial charge is 0.233 e. The molecule has 0 aliphatic heterocycles. The zero-order valence-electron chi connectivity index (χ0n) is 17.4. The third kappa shape index (κ3) is 4.71. The Kier molecular flexibility index (Phi) is 6.95. The summed E-state index contributed by atoms with van der Waals surface area (Å²) in [5, 5.41) is 9.44. The van der Waals surface area contributed by atoms with Crippen molar-refractivity contribution in [2.75, 3.05) is 5.75 Å². The molecule has 0 radical (unpaired) electrons. The van der Waals surface area contributed by atoms with E-state index >= 15 is 0 Å². The lowest BCUT2D eigenvalue weighted by molar-refractivity contribution is -0.135. The monoisotopic (exact) mass is 416 g/mol. The third-order valence-corrected chi connectivity index (χ3v) is 7.28. The van der Waals surface area contributed by atoms with Gasteiger partial charge in [-0.1, -0.05) is 50.3 Å². The standard InChI is InChI=1S/C22H32N4O2S/c1-2-25-21(19-14-9-15-28-19)23-24-22(25)29-16-20(27)26(17-10-5-3-6-11-17)18-12-7-4-8-13-18/h9,14-15,17-18H,2-8,10-13,16H2,1H3. The van der Waals surface area contributed by atoms with E-state index in [0.29, 0.717) is 23.6 Å². The Bertz CT molecular complexity index is 759. The number of thioether (sulfide) groups is 1. The topological polar surface area (TPSA) is 64.2 Å². The second-order valence-electron chi connectivity index (χ2n) is 8.20. The largest absolute Gasteiger partial charge is 0.461 e. The van der Waals surface area contributed by atoms with E-state index in [1.165, 1.54) is 76.0 Å². The van der Waals surface area contributed by atoms with Crippen LogP contribution in [0.5, 0.6) is 0 Å². The predicted octanol–water partition coefficient (Wildman–Crippen LogP) is 5.14. The minimum Gasteiger partial charge on any atom is -0.461 e. The van der Waals surface area contributed by atoms with Crippen LogP contribution in [-0.2, 0) is 11.3 Å². The van der Waals surface area contributed by atoms with Gasteiger partial charge in [0, 0.05) is 18.6 Å². The molecule has 2 aliphatic carbocycles. The first-order chi connectivity index (χ1) is 14.3. The first-order valence-corrected chi connectivity index (χ1v) is 12.2. The lowest BCUT2D eigenvalue weighted by Gasteiger charge is -2.41. The highest BCUT2D eigenvalue weighted by molar-refractivity contribution is 7.99. The number of furan rings is 1. The molecule has 2 saturated carbocycles. The fourth-order valence-corrected chi connectivity index (χ4v) is 5.76. The molecule has 0 saturated heterocycles. The maximum atomic E-state index is 13.4. The van der Waals surface area contributed by atoms with Crippen LogP contribution < -0.4 is 0 Å². The number of amides is 1. The maximum Gasteiger partial charge on any atom is 0.233 e. The molecule has 7 heteroatoms. The van der Waals surface area contributed by atoms with E-state index in [1.54, 1.807) is 6.26 Å². The van der Waals surface area contributed by atoms with Gasteiger partial charge in [0.15, 0.2) is 16.7 Å². The van der Waals surface area contributed by atoms with Crippen molar-refractivity contribution in [3.63, 3.8) is 0 Å². The van der Waals surface area contributed by atoms with Crippen LogP contribution in [0.25, 0.3) is 11.6 Å². The van der Waals surface area contributed by atoms with Crippen LogP contribution in [0.15, 0.2) is 28.0 Å². The Morgan fingerprint density at radius 3 is 2.31 bits per heavy atom. The molecule has 0 aromatic carbocycles. The Morgan fingerprint density at radius 1 is 1.10 bits per heavy atom. The number of rotatable bonds is 7. The summed E-state index contributed by atoms with van der Waals surface area (Å²) in [6.45, 7) is 2.81. The average molecular weight is 417 g/mol. The zero-order chi connectivity index (χ0) is 20.1. The zero-order valence-corrected chi connectivity index (χ0v) is 18.2. The van der Waals surface area contributed by atoms with Crippen molar-refractivity contribution in [1.82, 2.24) is 19.7 Å². The highest BCUT2D eigenvalue weighted by Crippen LogP contribution is 2.32. The summed E-state index contributed by atoms with van der Waals surface area (Å²) >= 11 is 1.51. The van der Waals surface area contributed by atoms with E-state index < -0.39 is 0 Å². The summed E-state index contributed by atoms with van der Waals surface area (Å²) in [7, 11) is 0. The summed E-state index contributed by atoms with van der Waals surface area (Å²) in [5.41, 5.74) is 0. The van der Waals surface area contributed by atoms with Gasteiger partial charge >= 0.3 is 0 Å². The second kappa shape index (κ2) is 9.83. The number of carbonyl (C=O) groups excluding carboxylic acids is 1. The third-order valence-electron chi connectivity index (χ3n) is 6.32. The van der Waals surface area contributed by atoms with Gasteiger partial charge in [-0.05, 0) is 44.7 Å². The van der Waals surface area contributed by atoms with Gasteiger partial charge in [0.05, 0.1) is 12.0 Å². The van der Waals surface area contributed by atoms with Gasteiger partial charge in [-0.3, -0.25) is 9.36 Å². The summed E-state index contributed by atoms with van der Waals surface area (Å²) in [6, 6.07) is 4.61. The Hall–Kier alpha value is -1.76. The minimum absolute atomic E-state index is 0.277. The molecule has 0 spiro atoms. The minimum atomic E-state index is 0.277. The van der Waals surface area contributed by atoms with E-state index in [1.807, 2.05) is 16.7 Å². The molecule has 4 rings (SSSR count). The fraction of sp³-hybridized carbons (Fsp3) is 0.682. The molecule has 0 bridgehead atoms. The van der Waals surface area contributed by atoms with Gasteiger partial charge in [-0.2, -0.15) is 0 Å². The van der Waals surface area contributed by atoms with E-state index in [0.717, 1.165) is 17.5 Å². The first kappa shape index (κ1) is 20.5. The van der Waals surface area contributed by atoms with Gasteiger partial charge in [0.2, 0.25) is 5.91 Å². The summed E-state index contributed by atoms with van der Waals surface area (Å²) in [5.74, 6) is 2.15. The number of hydrogen-bond acceptors (Lipinski definition) is 5. The molecule has 0 N–H and O–H groups in total. The van der Waals surface area contributed by atoms with Gasteiger partial charge in [0.25, 0.3) is 0 Å². The van der Waals surface area contributed by atoms with Gasteiger partial charge in [0.1, 0.15) is 0 Å².